The summed E-state index contributed by atoms with van der Waals surface area (Å²) in [5.41, 5.74) is 7.72. The van der Waals surface area contributed by atoms with E-state index in [9.17, 15) is 4.79 Å². The first kappa shape index (κ1) is 17.7. The molecule has 0 radical (unpaired) electrons. The molecule has 0 aromatic heterocycles. The van der Waals surface area contributed by atoms with E-state index in [1.54, 1.807) is 0 Å². The average Bonchev–Trinajstić information content (AvgIpc) is 2.42. The topological polar surface area (TPSA) is 75.4 Å². The Hall–Kier alpha value is -1.39. The lowest BCUT2D eigenvalue weighted by Crippen LogP contribution is -2.32. The molecule has 1 unspecified atom stereocenters. The Balaban J connectivity index is 2.68. The molecule has 0 bridgehead atoms. The predicted octanol–water partition coefficient (Wildman–Crippen LogP) is 2.56. The summed E-state index contributed by atoms with van der Waals surface area (Å²) < 4.78 is 0. The number of aliphatic hydroxyl groups is 1. The molecule has 21 heavy (non-hydrogen) atoms. The normalized spacial score (nSPS) is 13.0. The van der Waals surface area contributed by atoms with E-state index in [1.807, 2.05) is 24.3 Å². The van der Waals surface area contributed by atoms with Crippen molar-refractivity contribution in [2.24, 2.45) is 17.1 Å². The Morgan fingerprint density at radius 2 is 2.10 bits per heavy atom. The molecule has 1 atom stereocenters. The molecule has 1 rings (SSSR count). The van der Waals surface area contributed by atoms with Crippen LogP contribution >= 0.6 is 0 Å². The molecule has 4 N–H and O–H groups in total. The molecule has 1 aromatic carbocycles. The lowest BCUT2D eigenvalue weighted by Gasteiger charge is -2.24. The predicted molar refractivity (Wildman–Crippen MR) is 87.1 cm³/mol. The Morgan fingerprint density at radius 3 is 2.67 bits per heavy atom. The molecule has 0 aliphatic rings. The van der Waals surface area contributed by atoms with Crippen molar-refractivity contribution < 1.29 is 9.90 Å². The number of nitrogens with one attached hydrogen (secondary N) is 1. The van der Waals surface area contributed by atoms with Crippen LogP contribution in [0.5, 0.6) is 0 Å². The summed E-state index contributed by atoms with van der Waals surface area (Å²) in [6, 6.07) is 7.76. The van der Waals surface area contributed by atoms with Crippen LogP contribution in [-0.4, -0.2) is 24.2 Å². The first-order valence-corrected chi connectivity index (χ1v) is 7.56. The zero-order chi connectivity index (χ0) is 15.9. The molecule has 4 heteroatoms. The number of anilines is 1. The monoisotopic (exact) mass is 292 g/mol. The smallest absolute Gasteiger partial charge is 0.228 e. The van der Waals surface area contributed by atoms with Gasteiger partial charge in [-0.2, -0.15) is 0 Å². The van der Waals surface area contributed by atoms with Gasteiger partial charge in [0.15, 0.2) is 0 Å². The number of carbonyl (C=O) groups excluding carboxylic acids is 1. The van der Waals surface area contributed by atoms with Gasteiger partial charge in [0.05, 0.1) is 5.92 Å². The van der Waals surface area contributed by atoms with Crippen molar-refractivity contribution in [3.8, 4) is 0 Å². The third kappa shape index (κ3) is 6.74. The van der Waals surface area contributed by atoms with E-state index in [2.05, 4.69) is 26.1 Å². The first-order chi connectivity index (χ1) is 9.85. The van der Waals surface area contributed by atoms with Gasteiger partial charge in [0.2, 0.25) is 5.91 Å². The van der Waals surface area contributed by atoms with E-state index in [0.29, 0.717) is 6.54 Å². The molecule has 0 heterocycles. The standard InChI is InChI=1S/C17H28N2O2/c1-17(2,3)11-14(12-18)16(21)19-15-8-4-6-13(10-15)7-5-9-20/h4,6,8,10,14,20H,5,7,9,11-12,18H2,1-3H3,(H,19,21). The zero-order valence-corrected chi connectivity index (χ0v) is 13.4. The Labute approximate surface area is 127 Å². The summed E-state index contributed by atoms with van der Waals surface area (Å²) in [4.78, 5) is 12.3. The molecule has 0 aliphatic heterocycles. The second kappa shape index (κ2) is 8.15. The van der Waals surface area contributed by atoms with E-state index < -0.39 is 0 Å². The summed E-state index contributed by atoms with van der Waals surface area (Å²) in [6.07, 6.45) is 2.30. The van der Waals surface area contributed by atoms with Crippen molar-refractivity contribution in [1.82, 2.24) is 0 Å². The van der Waals surface area contributed by atoms with Gasteiger partial charge in [0, 0.05) is 18.8 Å². The third-order valence-corrected chi connectivity index (χ3v) is 3.33. The first-order valence-electron chi connectivity index (χ1n) is 7.56. The second-order valence-corrected chi connectivity index (χ2v) is 6.71. The SMILES string of the molecule is CC(C)(C)CC(CN)C(=O)Nc1cccc(CCCO)c1. The molecule has 1 amide bonds. The molecular formula is C17H28N2O2. The Kier molecular flexibility index (Phi) is 6.85. The molecule has 0 saturated heterocycles. The summed E-state index contributed by atoms with van der Waals surface area (Å²) in [6.45, 7) is 6.86. The van der Waals surface area contributed by atoms with Crippen LogP contribution in [0, 0.1) is 11.3 Å². The minimum absolute atomic E-state index is 0.0215. The van der Waals surface area contributed by atoms with Crippen molar-refractivity contribution in [2.45, 2.75) is 40.0 Å². The number of amides is 1. The number of carbonyl (C=O) groups is 1. The van der Waals surface area contributed by atoms with Crippen LogP contribution in [0.25, 0.3) is 0 Å². The van der Waals surface area contributed by atoms with E-state index in [-0.39, 0.29) is 23.8 Å². The van der Waals surface area contributed by atoms with Gasteiger partial charge >= 0.3 is 0 Å². The lowest BCUT2D eigenvalue weighted by molar-refractivity contribution is -0.120. The summed E-state index contributed by atoms with van der Waals surface area (Å²) in [7, 11) is 0. The van der Waals surface area contributed by atoms with Crippen LogP contribution in [0.1, 0.15) is 39.2 Å². The van der Waals surface area contributed by atoms with Crippen LogP contribution < -0.4 is 11.1 Å². The van der Waals surface area contributed by atoms with Crippen molar-refractivity contribution in [3.63, 3.8) is 0 Å². The van der Waals surface area contributed by atoms with Gasteiger partial charge in [-0.05, 0) is 42.4 Å². The summed E-state index contributed by atoms with van der Waals surface area (Å²) in [5, 5.41) is 11.8. The third-order valence-electron chi connectivity index (χ3n) is 3.33. The molecular weight excluding hydrogens is 264 g/mol. The van der Waals surface area contributed by atoms with Crippen LogP contribution in [0.15, 0.2) is 24.3 Å². The molecule has 0 saturated carbocycles. The van der Waals surface area contributed by atoms with Crippen molar-refractivity contribution >= 4 is 11.6 Å². The van der Waals surface area contributed by atoms with E-state index in [4.69, 9.17) is 10.8 Å². The highest BCUT2D eigenvalue weighted by Crippen LogP contribution is 2.25. The minimum atomic E-state index is -0.175. The molecule has 4 nitrogen and oxygen atoms in total. The minimum Gasteiger partial charge on any atom is -0.396 e. The molecule has 118 valence electrons. The Morgan fingerprint density at radius 1 is 1.38 bits per heavy atom. The molecule has 1 aromatic rings. The van der Waals surface area contributed by atoms with Gasteiger partial charge in [-0.3, -0.25) is 4.79 Å². The highest BCUT2D eigenvalue weighted by Gasteiger charge is 2.23. The second-order valence-electron chi connectivity index (χ2n) is 6.71. The van der Waals surface area contributed by atoms with Crippen molar-refractivity contribution in [2.75, 3.05) is 18.5 Å². The number of aryl methyl sites for hydroxylation is 1. The van der Waals surface area contributed by atoms with Crippen LogP contribution in [-0.2, 0) is 11.2 Å². The van der Waals surface area contributed by atoms with Crippen molar-refractivity contribution in [1.29, 1.82) is 0 Å². The highest BCUT2D eigenvalue weighted by molar-refractivity contribution is 5.92. The molecule has 0 aliphatic carbocycles. The van der Waals surface area contributed by atoms with E-state index in [1.165, 1.54) is 0 Å². The van der Waals surface area contributed by atoms with Crippen LogP contribution in [0.3, 0.4) is 0 Å². The van der Waals surface area contributed by atoms with Gasteiger partial charge < -0.3 is 16.2 Å². The van der Waals surface area contributed by atoms with Gasteiger partial charge in [0.25, 0.3) is 0 Å². The quantitative estimate of drug-likeness (QED) is 0.723. The Bertz CT molecular complexity index is 452. The van der Waals surface area contributed by atoms with Gasteiger partial charge in [-0.1, -0.05) is 32.9 Å². The maximum absolute atomic E-state index is 12.3. The summed E-state index contributed by atoms with van der Waals surface area (Å²) >= 11 is 0. The molecule has 0 fully saturated rings. The number of hydrogen-bond acceptors (Lipinski definition) is 3. The average molecular weight is 292 g/mol. The molecule has 0 spiro atoms. The number of rotatable bonds is 7. The van der Waals surface area contributed by atoms with Gasteiger partial charge in [0.1, 0.15) is 0 Å². The fourth-order valence-corrected chi connectivity index (χ4v) is 2.35. The van der Waals surface area contributed by atoms with Gasteiger partial charge in [-0.15, -0.1) is 0 Å². The maximum atomic E-state index is 12.3. The number of hydrogen-bond donors (Lipinski definition) is 3. The maximum Gasteiger partial charge on any atom is 0.228 e. The van der Waals surface area contributed by atoms with Gasteiger partial charge in [-0.25, -0.2) is 0 Å². The highest BCUT2D eigenvalue weighted by atomic mass is 16.2. The number of aliphatic hydroxyl groups excluding tert-OH is 1. The van der Waals surface area contributed by atoms with Crippen LogP contribution in [0.4, 0.5) is 5.69 Å². The zero-order valence-electron chi connectivity index (χ0n) is 13.4. The largest absolute Gasteiger partial charge is 0.396 e. The summed E-state index contributed by atoms with van der Waals surface area (Å²) in [5.74, 6) is -0.196. The fraction of sp³-hybridized carbons (Fsp3) is 0.588. The van der Waals surface area contributed by atoms with Crippen molar-refractivity contribution in [3.05, 3.63) is 29.8 Å². The van der Waals surface area contributed by atoms with Crippen LogP contribution in [0.2, 0.25) is 0 Å². The number of nitrogens with two attached hydrogens (primary N) is 1. The fourth-order valence-electron chi connectivity index (χ4n) is 2.35. The van der Waals surface area contributed by atoms with E-state index >= 15 is 0 Å². The number of benzene rings is 1. The lowest BCUT2D eigenvalue weighted by atomic mass is 9.84. The van der Waals surface area contributed by atoms with E-state index in [0.717, 1.165) is 30.5 Å².